The molecule has 30 heavy (non-hydrogen) atoms. The Hall–Kier alpha value is -2.84. The van der Waals surface area contributed by atoms with Crippen LogP contribution in [0.15, 0.2) is 70.5 Å². The highest BCUT2D eigenvalue weighted by atomic mass is 32.2. The minimum absolute atomic E-state index is 0.159. The van der Waals surface area contributed by atoms with Crippen LogP contribution in [-0.4, -0.2) is 16.8 Å². The number of rotatable bonds is 6. The Bertz CT molecular complexity index is 1170. The molecule has 0 fully saturated rings. The zero-order chi connectivity index (χ0) is 22.1. The van der Waals surface area contributed by atoms with Gasteiger partial charge in [0.25, 0.3) is 0 Å². The lowest BCUT2D eigenvalue weighted by Gasteiger charge is -2.11. The summed E-state index contributed by atoms with van der Waals surface area (Å²) in [6.07, 6.45) is 0. The SMILES string of the molecule is Cc1cc(C)cc(OS(=O)(=O)c2cccc(S(=O)(=O)Oc3cc(C)cc(C)c3)c2)c1. The van der Waals surface area contributed by atoms with E-state index in [1.807, 2.05) is 39.8 Å². The van der Waals surface area contributed by atoms with E-state index < -0.39 is 20.2 Å². The lowest BCUT2D eigenvalue weighted by atomic mass is 10.1. The first kappa shape index (κ1) is 21.9. The summed E-state index contributed by atoms with van der Waals surface area (Å²) in [4.78, 5) is -0.571. The van der Waals surface area contributed by atoms with Crippen molar-refractivity contribution in [1.82, 2.24) is 0 Å². The Labute approximate surface area is 177 Å². The summed E-state index contributed by atoms with van der Waals surface area (Å²) in [7, 11) is -8.47. The van der Waals surface area contributed by atoms with Crippen LogP contribution in [0.2, 0.25) is 0 Å². The largest absolute Gasteiger partial charge is 0.379 e. The predicted octanol–water partition coefficient (Wildman–Crippen LogP) is 4.46. The monoisotopic (exact) mass is 446 g/mol. The lowest BCUT2D eigenvalue weighted by molar-refractivity contribution is 0.483. The second kappa shape index (κ2) is 8.12. The average molecular weight is 447 g/mol. The molecule has 0 saturated carbocycles. The van der Waals surface area contributed by atoms with Crippen molar-refractivity contribution in [2.75, 3.05) is 0 Å². The number of benzene rings is 3. The zero-order valence-electron chi connectivity index (χ0n) is 17.0. The van der Waals surface area contributed by atoms with Gasteiger partial charge in [-0.3, -0.25) is 0 Å². The first-order valence-corrected chi connectivity index (χ1v) is 11.9. The first-order chi connectivity index (χ1) is 13.9. The third kappa shape index (κ3) is 5.20. The van der Waals surface area contributed by atoms with Gasteiger partial charge < -0.3 is 8.37 Å². The summed E-state index contributed by atoms with van der Waals surface area (Å²) in [6, 6.07) is 15.0. The topological polar surface area (TPSA) is 86.7 Å². The standard InChI is InChI=1S/C22H22O6S2/c1-15-8-16(2)11-19(10-15)27-29(23,24)21-6-5-7-22(14-21)30(25,26)28-20-12-17(3)9-18(4)13-20/h5-14H,1-4H3. The van der Waals surface area contributed by atoms with Gasteiger partial charge in [-0.2, -0.15) is 16.8 Å². The number of hydrogen-bond donors (Lipinski definition) is 0. The molecule has 0 aliphatic carbocycles. The van der Waals surface area contributed by atoms with E-state index in [9.17, 15) is 16.8 Å². The van der Waals surface area contributed by atoms with Crippen LogP contribution in [0.4, 0.5) is 0 Å². The molecule has 0 aliphatic rings. The number of aryl methyl sites for hydroxylation is 4. The summed E-state index contributed by atoms with van der Waals surface area (Å²) >= 11 is 0. The van der Waals surface area contributed by atoms with Gasteiger partial charge in [-0.25, -0.2) is 0 Å². The van der Waals surface area contributed by atoms with Crippen LogP contribution in [0.5, 0.6) is 11.5 Å². The molecule has 3 rings (SSSR count). The summed E-state index contributed by atoms with van der Waals surface area (Å²) in [6.45, 7) is 7.29. The van der Waals surface area contributed by atoms with E-state index >= 15 is 0 Å². The molecule has 0 bridgehead atoms. The predicted molar refractivity (Wildman–Crippen MR) is 114 cm³/mol. The highest BCUT2D eigenvalue weighted by molar-refractivity contribution is 7.88. The maximum Gasteiger partial charge on any atom is 0.339 e. The second-order valence-electron chi connectivity index (χ2n) is 7.20. The van der Waals surface area contributed by atoms with Gasteiger partial charge in [0.15, 0.2) is 0 Å². The summed E-state index contributed by atoms with van der Waals surface area (Å²) < 4.78 is 61.2. The van der Waals surface area contributed by atoms with Crippen molar-refractivity contribution in [2.45, 2.75) is 37.5 Å². The fourth-order valence-corrected chi connectivity index (χ4v) is 5.10. The third-order valence-corrected chi connectivity index (χ3v) is 6.67. The van der Waals surface area contributed by atoms with Gasteiger partial charge in [0.05, 0.1) is 0 Å². The van der Waals surface area contributed by atoms with Crippen molar-refractivity contribution in [1.29, 1.82) is 0 Å². The summed E-state index contributed by atoms with van der Waals surface area (Å²) in [5.41, 5.74) is 3.38. The van der Waals surface area contributed by atoms with E-state index in [1.54, 1.807) is 24.3 Å². The van der Waals surface area contributed by atoms with Crippen LogP contribution >= 0.6 is 0 Å². The van der Waals surface area contributed by atoms with Crippen LogP contribution in [0.25, 0.3) is 0 Å². The Morgan fingerprint density at radius 2 is 0.867 bits per heavy atom. The Morgan fingerprint density at radius 1 is 0.533 bits per heavy atom. The van der Waals surface area contributed by atoms with Crippen LogP contribution in [0, 0.1) is 27.7 Å². The molecule has 0 aromatic heterocycles. The fraction of sp³-hybridized carbons (Fsp3) is 0.182. The van der Waals surface area contributed by atoms with Crippen molar-refractivity contribution < 1.29 is 25.2 Å². The van der Waals surface area contributed by atoms with E-state index in [0.717, 1.165) is 28.3 Å². The molecule has 0 heterocycles. The third-order valence-electron chi connectivity index (χ3n) is 4.19. The van der Waals surface area contributed by atoms with Crippen molar-refractivity contribution in [2.24, 2.45) is 0 Å². The molecule has 158 valence electrons. The van der Waals surface area contributed by atoms with Crippen molar-refractivity contribution in [3.05, 3.63) is 82.9 Å². The van der Waals surface area contributed by atoms with Crippen LogP contribution in [0.3, 0.4) is 0 Å². The molecule has 0 saturated heterocycles. The van der Waals surface area contributed by atoms with Gasteiger partial charge >= 0.3 is 20.2 Å². The summed E-state index contributed by atoms with van der Waals surface area (Å²) in [5.74, 6) is 0.319. The van der Waals surface area contributed by atoms with Crippen molar-refractivity contribution >= 4 is 20.2 Å². The van der Waals surface area contributed by atoms with E-state index in [2.05, 4.69) is 0 Å². The van der Waals surface area contributed by atoms with E-state index in [4.69, 9.17) is 8.37 Å². The smallest absolute Gasteiger partial charge is 0.339 e. The highest BCUT2D eigenvalue weighted by Gasteiger charge is 2.23. The molecular weight excluding hydrogens is 424 g/mol. The fourth-order valence-electron chi connectivity index (χ4n) is 3.10. The zero-order valence-corrected chi connectivity index (χ0v) is 18.7. The Kier molecular flexibility index (Phi) is 5.92. The van der Waals surface area contributed by atoms with Crippen LogP contribution in [-0.2, 0) is 20.2 Å². The Balaban J connectivity index is 1.92. The lowest BCUT2D eigenvalue weighted by Crippen LogP contribution is -2.13. The number of hydrogen-bond acceptors (Lipinski definition) is 6. The molecule has 3 aromatic carbocycles. The van der Waals surface area contributed by atoms with Gasteiger partial charge in [0.1, 0.15) is 21.3 Å². The molecule has 0 N–H and O–H groups in total. The van der Waals surface area contributed by atoms with Crippen molar-refractivity contribution in [3.8, 4) is 11.5 Å². The van der Waals surface area contributed by atoms with E-state index in [0.29, 0.717) is 0 Å². The van der Waals surface area contributed by atoms with Crippen molar-refractivity contribution in [3.63, 3.8) is 0 Å². The average Bonchev–Trinajstić information content (AvgIpc) is 2.59. The molecular formula is C22H22O6S2. The Morgan fingerprint density at radius 3 is 1.20 bits per heavy atom. The summed E-state index contributed by atoms with van der Waals surface area (Å²) in [5, 5.41) is 0. The molecule has 0 radical (unpaired) electrons. The molecule has 8 heteroatoms. The quantitative estimate of drug-likeness (QED) is 0.520. The molecule has 6 nitrogen and oxygen atoms in total. The molecule has 0 atom stereocenters. The highest BCUT2D eigenvalue weighted by Crippen LogP contribution is 2.25. The van der Waals surface area contributed by atoms with E-state index in [-0.39, 0.29) is 21.3 Å². The molecule has 0 aliphatic heterocycles. The molecule has 0 spiro atoms. The van der Waals surface area contributed by atoms with E-state index in [1.165, 1.54) is 18.2 Å². The first-order valence-electron chi connectivity index (χ1n) is 9.10. The van der Waals surface area contributed by atoms with Gasteiger partial charge in [-0.1, -0.05) is 18.2 Å². The molecule has 0 amide bonds. The molecule has 0 unspecified atom stereocenters. The maximum absolute atomic E-state index is 12.7. The van der Waals surface area contributed by atoms with Gasteiger partial charge in [-0.05, 0) is 92.4 Å². The second-order valence-corrected chi connectivity index (χ2v) is 10.3. The maximum atomic E-state index is 12.7. The minimum atomic E-state index is -4.24. The van der Waals surface area contributed by atoms with Crippen LogP contribution in [0.1, 0.15) is 22.3 Å². The van der Waals surface area contributed by atoms with Crippen LogP contribution < -0.4 is 8.37 Å². The normalized spacial score (nSPS) is 11.9. The van der Waals surface area contributed by atoms with Gasteiger partial charge in [0, 0.05) is 0 Å². The van der Waals surface area contributed by atoms with Gasteiger partial charge in [0.2, 0.25) is 0 Å². The minimum Gasteiger partial charge on any atom is -0.379 e. The van der Waals surface area contributed by atoms with Gasteiger partial charge in [-0.15, -0.1) is 0 Å². The molecule has 3 aromatic rings.